The van der Waals surface area contributed by atoms with E-state index in [1.165, 1.54) is 0 Å². The van der Waals surface area contributed by atoms with Crippen molar-refractivity contribution in [1.82, 2.24) is 4.31 Å². The van der Waals surface area contributed by atoms with Gasteiger partial charge in [-0.05, 0) is 36.8 Å². The summed E-state index contributed by atoms with van der Waals surface area (Å²) in [7, 11) is -4.63. The van der Waals surface area contributed by atoms with Crippen molar-refractivity contribution in [3.05, 3.63) is 51.5 Å². The molecule has 13 heteroatoms. The van der Waals surface area contributed by atoms with Crippen molar-refractivity contribution in [3.8, 4) is 5.75 Å². The summed E-state index contributed by atoms with van der Waals surface area (Å²) in [4.78, 5) is 11.8. The van der Waals surface area contributed by atoms with E-state index in [0.717, 1.165) is 22.5 Å². The maximum absolute atomic E-state index is 15.8. The van der Waals surface area contributed by atoms with E-state index in [2.05, 4.69) is 0 Å². The number of sulfonamides is 1. The van der Waals surface area contributed by atoms with Crippen LogP contribution in [-0.2, 0) is 21.0 Å². The molecule has 0 aromatic heterocycles. The van der Waals surface area contributed by atoms with Gasteiger partial charge in [-0.3, -0.25) is 4.79 Å². The summed E-state index contributed by atoms with van der Waals surface area (Å²) in [6, 6.07) is 2.78. The number of amides is 1. The third-order valence-electron chi connectivity index (χ3n) is 4.91. The third-order valence-corrected chi connectivity index (χ3v) is 7.82. The molecule has 2 N–H and O–H groups in total. The molecular formula is C18H16Cl2F4N2O4S. The van der Waals surface area contributed by atoms with Crippen molar-refractivity contribution in [2.24, 2.45) is 11.7 Å². The van der Waals surface area contributed by atoms with Gasteiger partial charge >= 0.3 is 6.18 Å². The molecule has 1 fully saturated rings. The van der Waals surface area contributed by atoms with E-state index in [1.54, 1.807) is 0 Å². The molecule has 1 aromatic carbocycles. The summed E-state index contributed by atoms with van der Waals surface area (Å²) in [5, 5.41) is -3.96. The van der Waals surface area contributed by atoms with E-state index in [-0.39, 0.29) is 29.4 Å². The van der Waals surface area contributed by atoms with Gasteiger partial charge in [0.2, 0.25) is 5.91 Å². The minimum absolute atomic E-state index is 0.0849. The van der Waals surface area contributed by atoms with E-state index in [0.29, 0.717) is 18.6 Å². The number of nitrogens with two attached hydrogens (primary N) is 1. The van der Waals surface area contributed by atoms with Crippen LogP contribution in [0.2, 0.25) is 5.02 Å². The Morgan fingerprint density at radius 2 is 1.94 bits per heavy atom. The Bertz CT molecular complexity index is 1070. The van der Waals surface area contributed by atoms with E-state index < -0.39 is 50.2 Å². The third kappa shape index (κ3) is 4.41. The predicted molar refractivity (Wildman–Crippen MR) is 106 cm³/mol. The first-order valence-electron chi connectivity index (χ1n) is 8.84. The molecule has 1 aliphatic carbocycles. The lowest BCUT2D eigenvalue weighted by Crippen LogP contribution is -2.56. The first-order valence-corrected chi connectivity index (χ1v) is 11.0. The van der Waals surface area contributed by atoms with Crippen LogP contribution in [0.25, 0.3) is 0 Å². The number of carbonyl (C=O) groups is 1. The average molecular weight is 503 g/mol. The fourth-order valence-corrected chi connectivity index (χ4v) is 5.47. The zero-order valence-electron chi connectivity index (χ0n) is 15.6. The lowest BCUT2D eigenvalue weighted by molar-refractivity contribution is -0.137. The topological polar surface area (TPSA) is 89.7 Å². The number of alkyl halides is 4. The van der Waals surface area contributed by atoms with E-state index in [4.69, 9.17) is 33.7 Å². The number of benzene rings is 1. The van der Waals surface area contributed by atoms with Crippen molar-refractivity contribution in [2.45, 2.75) is 17.6 Å². The van der Waals surface area contributed by atoms with Crippen LogP contribution in [0.5, 0.6) is 5.75 Å². The summed E-state index contributed by atoms with van der Waals surface area (Å²) in [6.07, 6.45) is -2.71. The molecule has 1 aromatic rings. The molecular weight excluding hydrogens is 487 g/mol. The van der Waals surface area contributed by atoms with Crippen LogP contribution < -0.4 is 10.5 Å². The summed E-state index contributed by atoms with van der Waals surface area (Å²) >= 11 is 11.6. The van der Waals surface area contributed by atoms with Crippen molar-refractivity contribution in [3.63, 3.8) is 0 Å². The molecule has 1 amide bonds. The number of hydrogen-bond acceptors (Lipinski definition) is 4. The van der Waals surface area contributed by atoms with Crippen molar-refractivity contribution < 1.29 is 35.5 Å². The highest BCUT2D eigenvalue weighted by Gasteiger charge is 2.56. The molecule has 0 spiro atoms. The molecule has 3 rings (SSSR count). The van der Waals surface area contributed by atoms with Crippen molar-refractivity contribution in [1.29, 1.82) is 0 Å². The first-order chi connectivity index (χ1) is 14.3. The van der Waals surface area contributed by atoms with Gasteiger partial charge in [0.15, 0.2) is 0 Å². The van der Waals surface area contributed by atoms with Gasteiger partial charge in [-0.2, -0.15) is 17.5 Å². The SMILES string of the molecule is NC(=O)C1C=C(Cl)C(COc2ccc(Cl)c(C(F)(F)F)c2)=CC1(F)S(=O)(=O)N1CCC1. The molecule has 1 heterocycles. The standard InChI is InChI=1S/C18H16Cl2F4N2O4S/c19-14-3-2-11(6-12(14)18(22,23)24)30-9-10-8-17(21,13(16(25)27)7-15(10)20)31(28,29)26-4-1-5-26/h2-3,6-8,13H,1,4-5,9H2,(H2,25,27). The Balaban J connectivity index is 1.92. The number of primary amides is 1. The van der Waals surface area contributed by atoms with Crippen LogP contribution in [0.3, 0.4) is 0 Å². The number of ether oxygens (including phenoxy) is 1. The fourth-order valence-electron chi connectivity index (χ4n) is 3.08. The van der Waals surface area contributed by atoms with Gasteiger partial charge in [0.25, 0.3) is 15.0 Å². The summed E-state index contributed by atoms with van der Waals surface area (Å²) in [6.45, 7) is -0.399. The minimum atomic E-state index is -4.73. The molecule has 2 unspecified atom stereocenters. The van der Waals surface area contributed by atoms with E-state index in [1.807, 2.05) is 0 Å². The summed E-state index contributed by atoms with van der Waals surface area (Å²) in [5.74, 6) is -3.38. The van der Waals surface area contributed by atoms with Gasteiger partial charge in [0.05, 0.1) is 10.6 Å². The Hall–Kier alpha value is -1.82. The molecule has 0 radical (unpaired) electrons. The first kappa shape index (κ1) is 23.8. The molecule has 170 valence electrons. The number of hydrogen-bond donors (Lipinski definition) is 1. The van der Waals surface area contributed by atoms with Crippen LogP contribution in [-0.4, -0.2) is 43.3 Å². The maximum atomic E-state index is 15.8. The quantitative estimate of drug-likeness (QED) is 0.601. The maximum Gasteiger partial charge on any atom is 0.417 e. The molecule has 2 atom stereocenters. The van der Waals surface area contributed by atoms with Crippen LogP contribution in [0.4, 0.5) is 17.6 Å². The van der Waals surface area contributed by atoms with Crippen LogP contribution in [0.1, 0.15) is 12.0 Å². The van der Waals surface area contributed by atoms with Crippen molar-refractivity contribution in [2.75, 3.05) is 19.7 Å². The molecule has 31 heavy (non-hydrogen) atoms. The average Bonchev–Trinajstić information content (AvgIpc) is 2.60. The second kappa shape index (κ2) is 8.27. The van der Waals surface area contributed by atoms with Crippen LogP contribution in [0, 0.1) is 5.92 Å². The Morgan fingerprint density at radius 3 is 2.45 bits per heavy atom. The second-order valence-electron chi connectivity index (χ2n) is 6.95. The van der Waals surface area contributed by atoms with Gasteiger partial charge in [-0.15, -0.1) is 0 Å². The van der Waals surface area contributed by atoms with Gasteiger partial charge in [0.1, 0.15) is 18.3 Å². The number of rotatable bonds is 6. The van der Waals surface area contributed by atoms with E-state index >= 15 is 4.39 Å². The molecule has 2 aliphatic rings. The monoisotopic (exact) mass is 502 g/mol. The summed E-state index contributed by atoms with van der Waals surface area (Å²) < 4.78 is 86.5. The van der Waals surface area contributed by atoms with E-state index in [9.17, 15) is 26.4 Å². The van der Waals surface area contributed by atoms with Crippen LogP contribution in [0.15, 0.2) is 41.0 Å². The number of nitrogens with zero attached hydrogens (tertiary/aromatic N) is 1. The minimum Gasteiger partial charge on any atom is -0.489 e. The zero-order chi connectivity index (χ0) is 23.2. The van der Waals surface area contributed by atoms with Gasteiger partial charge in [0, 0.05) is 23.7 Å². The largest absolute Gasteiger partial charge is 0.489 e. The lowest BCUT2D eigenvalue weighted by atomic mass is 9.93. The second-order valence-corrected chi connectivity index (χ2v) is 9.85. The van der Waals surface area contributed by atoms with Crippen molar-refractivity contribution >= 4 is 39.1 Å². The predicted octanol–water partition coefficient (Wildman–Crippen LogP) is 3.60. The Labute approximate surface area is 185 Å². The van der Waals surface area contributed by atoms with Crippen LogP contribution >= 0.6 is 23.2 Å². The molecule has 0 bridgehead atoms. The smallest absolute Gasteiger partial charge is 0.417 e. The Morgan fingerprint density at radius 1 is 1.29 bits per heavy atom. The highest BCUT2D eigenvalue weighted by atomic mass is 35.5. The van der Waals surface area contributed by atoms with Gasteiger partial charge in [-0.25, -0.2) is 12.8 Å². The zero-order valence-corrected chi connectivity index (χ0v) is 18.0. The van der Waals surface area contributed by atoms with Gasteiger partial charge in [-0.1, -0.05) is 23.2 Å². The van der Waals surface area contributed by atoms with Gasteiger partial charge < -0.3 is 10.5 Å². The molecule has 1 saturated heterocycles. The highest BCUT2D eigenvalue weighted by molar-refractivity contribution is 7.90. The highest BCUT2D eigenvalue weighted by Crippen LogP contribution is 2.43. The lowest BCUT2D eigenvalue weighted by Gasteiger charge is -2.39. The number of halogens is 6. The Kier molecular flexibility index (Phi) is 6.36. The molecule has 1 aliphatic heterocycles. The number of carbonyl (C=O) groups excluding carboxylic acids is 1. The molecule has 0 saturated carbocycles. The molecule has 6 nitrogen and oxygen atoms in total. The normalized spacial score (nSPS) is 24.8. The fraction of sp³-hybridized carbons (Fsp3) is 0.389. The summed E-state index contributed by atoms with van der Waals surface area (Å²) in [5.41, 5.74) is 3.89.